The normalized spacial score (nSPS) is 10.8. The van der Waals surface area contributed by atoms with Crippen molar-refractivity contribution >= 4 is 34.3 Å². The van der Waals surface area contributed by atoms with Crippen molar-refractivity contribution in [3.8, 4) is 22.9 Å². The molecule has 2 aromatic carbocycles. The van der Waals surface area contributed by atoms with Gasteiger partial charge in [-0.05, 0) is 55.0 Å². The number of aryl methyl sites for hydroxylation is 1. The number of aromatic nitrogens is 2. The summed E-state index contributed by atoms with van der Waals surface area (Å²) in [5.74, 6) is -0.402. The van der Waals surface area contributed by atoms with Gasteiger partial charge < -0.3 is 18.9 Å². The monoisotopic (exact) mass is 498 g/mol. The Balaban J connectivity index is 1.35. The van der Waals surface area contributed by atoms with Crippen LogP contribution in [-0.2, 0) is 9.53 Å². The van der Waals surface area contributed by atoms with Gasteiger partial charge in [-0.1, -0.05) is 6.07 Å². The molecule has 1 N–H and O–H groups in total. The second-order valence-electron chi connectivity index (χ2n) is 7.96. The first-order valence-electron chi connectivity index (χ1n) is 11.0. The zero-order valence-corrected chi connectivity index (χ0v) is 19.3. The molecule has 0 bridgehead atoms. The molecule has 11 heteroatoms. The Kier molecular flexibility index (Phi) is 6.17. The molecular formula is C26H18N4O7. The highest BCUT2D eigenvalue weighted by atomic mass is 16.6. The zero-order valence-electron chi connectivity index (χ0n) is 19.3. The van der Waals surface area contributed by atoms with E-state index in [1.54, 1.807) is 37.3 Å². The van der Waals surface area contributed by atoms with Gasteiger partial charge in [-0.3, -0.25) is 14.9 Å². The number of hydrogen-bond donors (Lipinski definition) is 1. The summed E-state index contributed by atoms with van der Waals surface area (Å²) < 4.78 is 16.2. The highest BCUT2D eigenvalue weighted by molar-refractivity contribution is 5.98. The number of benzene rings is 2. The number of hydrogen-bond acceptors (Lipinski definition) is 9. The van der Waals surface area contributed by atoms with Crippen molar-refractivity contribution in [2.24, 2.45) is 0 Å². The number of rotatable bonds is 7. The highest BCUT2D eigenvalue weighted by Crippen LogP contribution is 2.31. The summed E-state index contributed by atoms with van der Waals surface area (Å²) in [4.78, 5) is 44.7. The van der Waals surface area contributed by atoms with Gasteiger partial charge in [0.15, 0.2) is 18.1 Å². The molecule has 0 aliphatic rings. The Morgan fingerprint density at radius 2 is 1.62 bits per heavy atom. The summed E-state index contributed by atoms with van der Waals surface area (Å²) in [6, 6.07) is 15.7. The number of carbonyl (C=O) groups excluding carboxylic acids is 2. The van der Waals surface area contributed by atoms with Crippen molar-refractivity contribution < 1.29 is 28.1 Å². The van der Waals surface area contributed by atoms with Crippen LogP contribution in [0.3, 0.4) is 0 Å². The maximum Gasteiger partial charge on any atom is 0.338 e. The van der Waals surface area contributed by atoms with Crippen molar-refractivity contribution in [1.82, 2.24) is 9.97 Å². The van der Waals surface area contributed by atoms with Crippen LogP contribution < -0.4 is 5.32 Å². The smallest absolute Gasteiger partial charge is 0.338 e. The van der Waals surface area contributed by atoms with Crippen molar-refractivity contribution in [2.45, 2.75) is 6.92 Å². The average molecular weight is 498 g/mol. The van der Waals surface area contributed by atoms with Gasteiger partial charge in [-0.2, -0.15) is 0 Å². The van der Waals surface area contributed by atoms with Crippen LogP contribution in [0.25, 0.3) is 33.9 Å². The number of nitrogens with one attached hydrogen (secondary N) is 1. The molecule has 3 heterocycles. The largest absolute Gasteiger partial charge is 0.463 e. The van der Waals surface area contributed by atoms with Crippen molar-refractivity contribution in [2.75, 3.05) is 11.9 Å². The van der Waals surface area contributed by atoms with Gasteiger partial charge in [0.25, 0.3) is 11.6 Å². The lowest BCUT2D eigenvalue weighted by molar-refractivity contribution is -0.384. The Morgan fingerprint density at radius 1 is 0.946 bits per heavy atom. The first-order valence-corrected chi connectivity index (χ1v) is 11.0. The topological polar surface area (TPSA) is 151 Å². The molecule has 1 amide bonds. The minimum absolute atomic E-state index is 0.164. The molecule has 0 fully saturated rings. The van der Waals surface area contributed by atoms with E-state index in [1.165, 1.54) is 42.9 Å². The standard InChI is InChI=1S/C26H18N4O7/c1-15-6-8-17(30(33)34)13-19(15)27-23(31)14-37-26(32)16-7-9-18-20(12-16)29-25(22-5-3-11-36-22)24(28-18)21-4-2-10-35-21/h2-13H,14H2,1H3,(H,27,31). The van der Waals surface area contributed by atoms with Gasteiger partial charge in [0.2, 0.25) is 0 Å². The van der Waals surface area contributed by atoms with Crippen LogP contribution in [0.5, 0.6) is 0 Å². The molecule has 11 nitrogen and oxygen atoms in total. The number of nitro groups is 1. The predicted octanol–water partition coefficient (Wildman–Crippen LogP) is 5.16. The molecule has 5 rings (SSSR count). The van der Waals surface area contributed by atoms with Crippen LogP contribution in [0.15, 0.2) is 82.0 Å². The van der Waals surface area contributed by atoms with E-state index in [0.29, 0.717) is 39.5 Å². The number of esters is 1. The molecule has 0 saturated carbocycles. The van der Waals surface area contributed by atoms with Crippen molar-refractivity contribution in [3.63, 3.8) is 0 Å². The number of nitrogens with zero attached hydrogens (tertiary/aromatic N) is 3. The quantitative estimate of drug-likeness (QED) is 0.182. The summed E-state index contributed by atoms with van der Waals surface area (Å²) >= 11 is 0. The highest BCUT2D eigenvalue weighted by Gasteiger charge is 2.19. The zero-order chi connectivity index (χ0) is 25.9. The molecule has 184 valence electrons. The third-order valence-electron chi connectivity index (χ3n) is 5.45. The van der Waals surface area contributed by atoms with Gasteiger partial charge in [0.05, 0.1) is 39.7 Å². The number of carbonyl (C=O) groups is 2. The molecule has 0 spiro atoms. The van der Waals surface area contributed by atoms with Crippen LogP contribution in [0, 0.1) is 17.0 Å². The minimum Gasteiger partial charge on any atom is -0.463 e. The number of non-ortho nitro benzene ring substituents is 1. The van der Waals surface area contributed by atoms with Crippen molar-refractivity contribution in [1.29, 1.82) is 0 Å². The lowest BCUT2D eigenvalue weighted by Gasteiger charge is -2.10. The van der Waals surface area contributed by atoms with E-state index in [4.69, 9.17) is 13.6 Å². The summed E-state index contributed by atoms with van der Waals surface area (Å²) in [5, 5.41) is 13.5. The Labute approximate surface area is 208 Å². The number of amides is 1. The fraction of sp³-hybridized carbons (Fsp3) is 0.0769. The summed E-state index contributed by atoms with van der Waals surface area (Å²) in [6.45, 7) is 1.11. The van der Waals surface area contributed by atoms with E-state index in [9.17, 15) is 19.7 Å². The Bertz CT molecular complexity index is 1630. The SMILES string of the molecule is Cc1ccc([N+](=O)[O-])cc1NC(=O)COC(=O)c1ccc2nc(-c3ccco3)c(-c3ccco3)nc2c1. The minimum atomic E-state index is -0.746. The molecule has 0 atom stereocenters. The average Bonchev–Trinajstić information content (AvgIpc) is 3.62. The van der Waals surface area contributed by atoms with Gasteiger partial charge in [-0.15, -0.1) is 0 Å². The fourth-order valence-electron chi connectivity index (χ4n) is 3.61. The van der Waals surface area contributed by atoms with Crippen LogP contribution in [-0.4, -0.2) is 33.4 Å². The van der Waals surface area contributed by atoms with Crippen molar-refractivity contribution in [3.05, 3.63) is 94.4 Å². The lowest BCUT2D eigenvalue weighted by atomic mass is 10.1. The van der Waals surface area contributed by atoms with Crippen LogP contribution in [0.1, 0.15) is 15.9 Å². The fourth-order valence-corrected chi connectivity index (χ4v) is 3.61. The van der Waals surface area contributed by atoms with Gasteiger partial charge in [-0.25, -0.2) is 14.8 Å². The maximum absolute atomic E-state index is 12.6. The maximum atomic E-state index is 12.6. The van der Waals surface area contributed by atoms with E-state index in [1.807, 2.05) is 0 Å². The van der Waals surface area contributed by atoms with Gasteiger partial charge >= 0.3 is 5.97 Å². The van der Waals surface area contributed by atoms with Gasteiger partial charge in [0, 0.05) is 12.1 Å². The number of anilines is 1. The number of nitro benzene ring substituents is 1. The second kappa shape index (κ2) is 9.74. The first-order chi connectivity index (χ1) is 17.9. The summed E-state index contributed by atoms with van der Waals surface area (Å²) in [5.41, 5.74) is 2.72. The molecule has 0 saturated heterocycles. The molecule has 0 aliphatic carbocycles. The third-order valence-corrected chi connectivity index (χ3v) is 5.45. The number of ether oxygens (including phenoxy) is 1. The molecule has 5 aromatic rings. The van der Waals surface area contributed by atoms with Gasteiger partial charge in [0.1, 0.15) is 11.4 Å². The molecule has 0 aliphatic heterocycles. The van der Waals surface area contributed by atoms with E-state index in [-0.39, 0.29) is 16.9 Å². The van der Waals surface area contributed by atoms with E-state index in [0.717, 1.165) is 0 Å². The third kappa shape index (κ3) is 4.91. The Morgan fingerprint density at radius 3 is 2.24 bits per heavy atom. The number of furan rings is 2. The predicted molar refractivity (Wildman–Crippen MR) is 132 cm³/mol. The summed E-state index contributed by atoms with van der Waals surface area (Å²) in [7, 11) is 0. The van der Waals surface area contributed by atoms with E-state index in [2.05, 4.69) is 15.3 Å². The molecule has 0 unspecified atom stereocenters. The van der Waals surface area contributed by atoms with E-state index < -0.39 is 23.4 Å². The first kappa shape index (κ1) is 23.4. The van der Waals surface area contributed by atoms with Crippen LogP contribution >= 0.6 is 0 Å². The lowest BCUT2D eigenvalue weighted by Crippen LogP contribution is -2.21. The molecular weight excluding hydrogens is 480 g/mol. The van der Waals surface area contributed by atoms with Crippen LogP contribution in [0.4, 0.5) is 11.4 Å². The second-order valence-corrected chi connectivity index (χ2v) is 7.96. The molecule has 37 heavy (non-hydrogen) atoms. The van der Waals surface area contributed by atoms with E-state index >= 15 is 0 Å². The Hall–Kier alpha value is -5.32. The number of fused-ring (bicyclic) bond motifs is 1. The molecule has 0 radical (unpaired) electrons. The summed E-state index contributed by atoms with van der Waals surface area (Å²) in [6.07, 6.45) is 3.05. The van der Waals surface area contributed by atoms with Crippen LogP contribution in [0.2, 0.25) is 0 Å². The molecule has 3 aromatic heterocycles.